The van der Waals surface area contributed by atoms with Gasteiger partial charge in [-0.05, 0) is 37.7 Å². The second-order valence-electron chi connectivity index (χ2n) is 8.26. The summed E-state index contributed by atoms with van der Waals surface area (Å²) < 4.78 is 55.4. The summed E-state index contributed by atoms with van der Waals surface area (Å²) in [6, 6.07) is 0.928. The quantitative estimate of drug-likeness (QED) is 0.770. The van der Waals surface area contributed by atoms with Crippen LogP contribution in [0.2, 0.25) is 0 Å². The van der Waals surface area contributed by atoms with E-state index in [-0.39, 0.29) is 23.1 Å². The van der Waals surface area contributed by atoms with Crippen molar-refractivity contribution in [3.8, 4) is 11.3 Å². The highest BCUT2D eigenvalue weighted by molar-refractivity contribution is 5.62. The third-order valence-corrected chi connectivity index (χ3v) is 6.63. The largest absolute Gasteiger partial charge is 0.419 e. The molecule has 3 saturated carbocycles. The van der Waals surface area contributed by atoms with Crippen LogP contribution in [0.5, 0.6) is 0 Å². The number of rotatable bonds is 4. The number of fused-ring (bicyclic) bond motifs is 1. The molecule has 9 heteroatoms. The highest BCUT2D eigenvalue weighted by Crippen LogP contribution is 2.61. The average molecular weight is 396 g/mol. The number of nitrogens with two attached hydrogens (primary N) is 1. The Balaban J connectivity index is 1.59. The number of anilines is 1. The smallest absolute Gasteiger partial charge is 0.385 e. The number of alkyl halides is 4. The van der Waals surface area contributed by atoms with E-state index in [1.165, 1.54) is 6.20 Å². The van der Waals surface area contributed by atoms with Gasteiger partial charge in [0, 0.05) is 30.3 Å². The Labute approximate surface area is 158 Å². The lowest BCUT2D eigenvalue weighted by molar-refractivity contribution is -0.137. The summed E-state index contributed by atoms with van der Waals surface area (Å²) in [6.07, 6.45) is 0.269. The van der Waals surface area contributed by atoms with Crippen molar-refractivity contribution >= 4 is 5.82 Å². The number of aromatic nitrogens is 3. The summed E-state index contributed by atoms with van der Waals surface area (Å²) in [7, 11) is 0. The minimum Gasteiger partial charge on any atom is -0.385 e. The zero-order valence-corrected chi connectivity index (χ0v) is 15.0. The molecular weight excluding hydrogens is 376 g/mol. The van der Waals surface area contributed by atoms with Gasteiger partial charge >= 0.3 is 6.18 Å². The molecule has 3 aliphatic carbocycles. The number of aliphatic hydroxyl groups is 1. The number of aliphatic hydroxyl groups excluding tert-OH is 1. The molecule has 150 valence electrons. The van der Waals surface area contributed by atoms with Crippen molar-refractivity contribution in [1.82, 2.24) is 14.5 Å². The fourth-order valence-electron chi connectivity index (χ4n) is 4.70. The summed E-state index contributed by atoms with van der Waals surface area (Å²) in [5.74, 6) is -0.194. The first-order chi connectivity index (χ1) is 13.2. The number of imidazole rings is 1. The van der Waals surface area contributed by atoms with Crippen molar-refractivity contribution in [1.29, 1.82) is 0 Å². The Morgan fingerprint density at radius 3 is 2.57 bits per heavy atom. The Morgan fingerprint density at radius 1 is 1.29 bits per heavy atom. The SMILES string of the molecule is Nc1ncc(-c2cn(C34CCC3C(F)C4)c([C@@H](O)C3CC3)n2)cc1C(F)(F)F. The number of hydrogen-bond donors (Lipinski definition) is 2. The minimum atomic E-state index is -4.63. The van der Waals surface area contributed by atoms with Gasteiger partial charge in [0.2, 0.25) is 0 Å². The van der Waals surface area contributed by atoms with Crippen LogP contribution < -0.4 is 5.73 Å². The van der Waals surface area contributed by atoms with Crippen molar-refractivity contribution in [2.75, 3.05) is 5.73 Å². The first-order valence-corrected chi connectivity index (χ1v) is 9.46. The lowest BCUT2D eigenvalue weighted by Gasteiger charge is -2.61. The highest BCUT2D eigenvalue weighted by Gasteiger charge is 2.62. The van der Waals surface area contributed by atoms with Gasteiger partial charge in [-0.3, -0.25) is 0 Å². The summed E-state index contributed by atoms with van der Waals surface area (Å²) in [6.45, 7) is 0. The van der Waals surface area contributed by atoms with Gasteiger partial charge in [0.25, 0.3) is 0 Å². The second kappa shape index (κ2) is 5.68. The summed E-state index contributed by atoms with van der Waals surface area (Å²) in [5.41, 5.74) is 4.42. The second-order valence-corrected chi connectivity index (χ2v) is 8.26. The third kappa shape index (κ3) is 2.48. The van der Waals surface area contributed by atoms with E-state index in [1.807, 2.05) is 4.57 Å². The molecule has 0 bridgehead atoms. The Hall–Kier alpha value is -2.16. The lowest BCUT2D eigenvalue weighted by Crippen LogP contribution is -2.63. The predicted octanol–water partition coefficient (Wildman–Crippen LogP) is 3.84. The van der Waals surface area contributed by atoms with E-state index < -0.39 is 35.4 Å². The zero-order chi connectivity index (χ0) is 19.8. The van der Waals surface area contributed by atoms with E-state index >= 15 is 0 Å². The van der Waals surface area contributed by atoms with E-state index in [4.69, 9.17) is 5.73 Å². The molecule has 0 aliphatic heterocycles. The minimum absolute atomic E-state index is 0.0976. The van der Waals surface area contributed by atoms with Crippen LogP contribution in [0.15, 0.2) is 18.5 Å². The van der Waals surface area contributed by atoms with Gasteiger partial charge < -0.3 is 15.4 Å². The first kappa shape index (κ1) is 17.9. The maximum atomic E-state index is 14.0. The highest BCUT2D eigenvalue weighted by atomic mass is 19.4. The van der Waals surface area contributed by atoms with Crippen LogP contribution in [0.3, 0.4) is 0 Å². The Bertz CT molecular complexity index is 939. The van der Waals surface area contributed by atoms with Crippen LogP contribution in [0.4, 0.5) is 23.4 Å². The molecule has 2 aromatic rings. The van der Waals surface area contributed by atoms with Gasteiger partial charge in [0.15, 0.2) is 0 Å². The van der Waals surface area contributed by atoms with Crippen molar-refractivity contribution in [3.05, 3.63) is 29.8 Å². The number of halogens is 4. The topological polar surface area (TPSA) is 77.0 Å². The zero-order valence-electron chi connectivity index (χ0n) is 15.0. The molecular formula is C19H20F4N4O. The van der Waals surface area contributed by atoms with Crippen molar-refractivity contribution in [2.24, 2.45) is 11.8 Å². The molecule has 28 heavy (non-hydrogen) atoms. The van der Waals surface area contributed by atoms with Gasteiger partial charge in [0.05, 0.1) is 16.8 Å². The molecule has 2 aromatic heterocycles. The fourth-order valence-corrected chi connectivity index (χ4v) is 4.70. The molecule has 0 saturated heterocycles. The first-order valence-electron chi connectivity index (χ1n) is 9.46. The van der Waals surface area contributed by atoms with Crippen LogP contribution in [-0.4, -0.2) is 25.8 Å². The van der Waals surface area contributed by atoms with Crippen molar-refractivity contribution < 1.29 is 22.7 Å². The van der Waals surface area contributed by atoms with Gasteiger partial charge in [-0.1, -0.05) is 0 Å². The molecule has 0 amide bonds. The standard InChI is InChI=1S/C19H20F4N4O/c20-13-6-18(4-3-11(13)18)27-8-14(26-17(27)15(28)9-1-2-9)10-5-12(19(21,22)23)16(24)25-7-10/h5,7-9,11,13,15,28H,1-4,6H2,(H2,24,25)/t11?,13?,15-,18?/m0/s1. The number of nitrogen functional groups attached to an aromatic ring is 1. The maximum Gasteiger partial charge on any atom is 0.419 e. The lowest BCUT2D eigenvalue weighted by atomic mass is 9.52. The number of pyridine rings is 1. The van der Waals surface area contributed by atoms with Gasteiger partial charge in [0.1, 0.15) is 23.9 Å². The van der Waals surface area contributed by atoms with Crippen molar-refractivity contribution in [3.63, 3.8) is 0 Å². The van der Waals surface area contributed by atoms with E-state index in [2.05, 4.69) is 9.97 Å². The fraction of sp³-hybridized carbons (Fsp3) is 0.579. The molecule has 3 fully saturated rings. The average Bonchev–Trinajstić information content (AvgIpc) is 3.37. The van der Waals surface area contributed by atoms with Gasteiger partial charge in [-0.15, -0.1) is 0 Å². The monoisotopic (exact) mass is 396 g/mol. The molecule has 0 radical (unpaired) electrons. The van der Waals surface area contributed by atoms with E-state index in [0.29, 0.717) is 12.2 Å². The summed E-state index contributed by atoms with van der Waals surface area (Å²) in [5, 5.41) is 10.7. The molecule has 0 aromatic carbocycles. The maximum absolute atomic E-state index is 14.0. The molecule has 3 N–H and O–H groups in total. The van der Waals surface area contributed by atoms with Crippen LogP contribution >= 0.6 is 0 Å². The molecule has 4 atom stereocenters. The number of hydrogen-bond acceptors (Lipinski definition) is 4. The normalized spacial score (nSPS) is 30.3. The van der Waals surface area contributed by atoms with Crippen LogP contribution in [0.25, 0.3) is 11.3 Å². The summed E-state index contributed by atoms with van der Waals surface area (Å²) >= 11 is 0. The molecule has 5 rings (SSSR count). The van der Waals surface area contributed by atoms with Crippen molar-refractivity contribution in [2.45, 2.75) is 56.1 Å². The molecule has 2 heterocycles. The van der Waals surface area contributed by atoms with E-state index in [9.17, 15) is 22.7 Å². The Morgan fingerprint density at radius 2 is 2.04 bits per heavy atom. The van der Waals surface area contributed by atoms with E-state index in [0.717, 1.165) is 31.7 Å². The molecule has 3 aliphatic rings. The number of nitrogens with zero attached hydrogens (tertiary/aromatic N) is 3. The van der Waals surface area contributed by atoms with Crippen LogP contribution in [0.1, 0.15) is 49.6 Å². The molecule has 5 nitrogen and oxygen atoms in total. The predicted molar refractivity (Wildman–Crippen MR) is 92.8 cm³/mol. The van der Waals surface area contributed by atoms with E-state index in [1.54, 1.807) is 6.20 Å². The van der Waals surface area contributed by atoms with Crippen LogP contribution in [-0.2, 0) is 11.7 Å². The Kier molecular flexibility index (Phi) is 3.63. The van der Waals surface area contributed by atoms with Gasteiger partial charge in [-0.25, -0.2) is 14.4 Å². The molecule has 3 unspecified atom stereocenters. The molecule has 0 spiro atoms. The van der Waals surface area contributed by atoms with Gasteiger partial charge in [-0.2, -0.15) is 13.2 Å². The van der Waals surface area contributed by atoms with Crippen LogP contribution in [0, 0.1) is 11.8 Å². The third-order valence-electron chi connectivity index (χ3n) is 6.63. The summed E-state index contributed by atoms with van der Waals surface area (Å²) in [4.78, 5) is 8.15.